The number of benzene rings is 1. The van der Waals surface area contributed by atoms with Crippen molar-refractivity contribution in [1.82, 2.24) is 9.78 Å². The van der Waals surface area contributed by atoms with Gasteiger partial charge in [0.05, 0.1) is 11.4 Å². The fourth-order valence-corrected chi connectivity index (χ4v) is 2.04. The number of ether oxygens (including phenoxy) is 1. The van der Waals surface area contributed by atoms with E-state index in [0.29, 0.717) is 13.2 Å². The maximum Gasteiger partial charge on any atom is 0.130 e. The first-order valence-corrected chi connectivity index (χ1v) is 6.67. The van der Waals surface area contributed by atoms with Gasteiger partial charge in [-0.05, 0) is 37.1 Å². The van der Waals surface area contributed by atoms with E-state index >= 15 is 0 Å². The average molecular weight is 259 g/mol. The number of hydrogen-bond acceptors (Lipinski definition) is 3. The van der Waals surface area contributed by atoms with Crippen LogP contribution in [0.3, 0.4) is 0 Å². The average Bonchev–Trinajstić information content (AvgIpc) is 2.79. The summed E-state index contributed by atoms with van der Waals surface area (Å²) in [6, 6.07) is 10.1. The van der Waals surface area contributed by atoms with E-state index in [9.17, 15) is 0 Å². The highest BCUT2D eigenvalue weighted by Crippen LogP contribution is 2.19. The molecule has 0 bridgehead atoms. The van der Waals surface area contributed by atoms with Crippen molar-refractivity contribution >= 4 is 0 Å². The normalized spacial score (nSPS) is 10.7. The van der Waals surface area contributed by atoms with E-state index in [1.54, 1.807) is 0 Å². The van der Waals surface area contributed by atoms with Gasteiger partial charge in [-0.25, -0.2) is 0 Å². The molecule has 0 aliphatic heterocycles. The zero-order valence-corrected chi connectivity index (χ0v) is 11.6. The quantitative estimate of drug-likeness (QED) is 0.864. The number of aryl methyl sites for hydroxylation is 2. The molecule has 102 valence electrons. The van der Waals surface area contributed by atoms with Gasteiger partial charge in [-0.2, -0.15) is 5.10 Å². The first-order chi connectivity index (χ1) is 9.24. The van der Waals surface area contributed by atoms with Gasteiger partial charge in [-0.3, -0.25) is 4.68 Å². The van der Waals surface area contributed by atoms with Crippen LogP contribution in [0.25, 0.3) is 0 Å². The standard InChI is InChI=1S/C15H21N3O/c1-3-13-10-14(18(2)17-13)11-19-15-7-5-4-6-12(15)8-9-16/h4-7,10H,3,8-9,11,16H2,1-2H3. The Morgan fingerprint density at radius 3 is 2.79 bits per heavy atom. The summed E-state index contributed by atoms with van der Waals surface area (Å²) >= 11 is 0. The molecule has 4 nitrogen and oxygen atoms in total. The highest BCUT2D eigenvalue weighted by atomic mass is 16.5. The molecule has 1 aromatic carbocycles. The first kappa shape index (κ1) is 13.6. The summed E-state index contributed by atoms with van der Waals surface area (Å²) in [6.45, 7) is 3.26. The van der Waals surface area contributed by atoms with Crippen molar-refractivity contribution in [3.8, 4) is 5.75 Å². The molecule has 0 spiro atoms. The molecule has 0 radical (unpaired) electrons. The second-order valence-electron chi connectivity index (χ2n) is 4.54. The van der Waals surface area contributed by atoms with Crippen LogP contribution < -0.4 is 10.5 Å². The molecule has 0 unspecified atom stereocenters. The highest BCUT2D eigenvalue weighted by Gasteiger charge is 2.06. The minimum Gasteiger partial charge on any atom is -0.487 e. The Morgan fingerprint density at radius 2 is 2.11 bits per heavy atom. The molecule has 0 amide bonds. The second-order valence-corrected chi connectivity index (χ2v) is 4.54. The Bertz CT molecular complexity index is 534. The predicted octanol–water partition coefficient (Wildman–Crippen LogP) is 2.06. The van der Waals surface area contributed by atoms with Gasteiger partial charge in [0.2, 0.25) is 0 Å². The van der Waals surface area contributed by atoms with Crippen molar-refractivity contribution in [3.05, 3.63) is 47.3 Å². The summed E-state index contributed by atoms with van der Waals surface area (Å²) in [5.74, 6) is 0.909. The Morgan fingerprint density at radius 1 is 1.32 bits per heavy atom. The summed E-state index contributed by atoms with van der Waals surface area (Å²) in [4.78, 5) is 0. The molecular weight excluding hydrogens is 238 g/mol. The maximum atomic E-state index is 5.90. The summed E-state index contributed by atoms with van der Waals surface area (Å²) in [5.41, 5.74) is 8.94. The minimum absolute atomic E-state index is 0.533. The molecule has 0 fully saturated rings. The smallest absolute Gasteiger partial charge is 0.130 e. The summed E-state index contributed by atoms with van der Waals surface area (Å²) in [7, 11) is 1.95. The molecule has 2 rings (SSSR count). The van der Waals surface area contributed by atoms with Crippen LogP contribution in [0.15, 0.2) is 30.3 Å². The van der Waals surface area contributed by atoms with E-state index in [1.807, 2.05) is 29.9 Å². The van der Waals surface area contributed by atoms with E-state index in [4.69, 9.17) is 10.5 Å². The minimum atomic E-state index is 0.533. The lowest BCUT2D eigenvalue weighted by atomic mass is 10.1. The van der Waals surface area contributed by atoms with Crippen molar-refractivity contribution in [3.63, 3.8) is 0 Å². The van der Waals surface area contributed by atoms with Crippen molar-refractivity contribution < 1.29 is 4.74 Å². The topological polar surface area (TPSA) is 53.1 Å². The predicted molar refractivity (Wildman–Crippen MR) is 76.1 cm³/mol. The largest absolute Gasteiger partial charge is 0.487 e. The molecule has 0 atom stereocenters. The number of aromatic nitrogens is 2. The van der Waals surface area contributed by atoms with Crippen LogP contribution in [-0.4, -0.2) is 16.3 Å². The lowest BCUT2D eigenvalue weighted by molar-refractivity contribution is 0.292. The molecule has 4 heteroatoms. The number of nitrogens with zero attached hydrogens (tertiary/aromatic N) is 2. The Hall–Kier alpha value is -1.81. The Kier molecular flexibility index (Phi) is 4.58. The zero-order chi connectivity index (χ0) is 13.7. The summed E-state index contributed by atoms with van der Waals surface area (Å²) in [6.07, 6.45) is 1.78. The lowest BCUT2D eigenvalue weighted by Crippen LogP contribution is -2.07. The molecule has 0 aliphatic rings. The lowest BCUT2D eigenvalue weighted by Gasteiger charge is -2.10. The summed E-state index contributed by atoms with van der Waals surface area (Å²) < 4.78 is 7.78. The Balaban J connectivity index is 2.07. The van der Waals surface area contributed by atoms with Crippen LogP contribution >= 0.6 is 0 Å². The monoisotopic (exact) mass is 259 g/mol. The molecule has 0 aliphatic carbocycles. The van der Waals surface area contributed by atoms with Crippen LogP contribution in [0.4, 0.5) is 0 Å². The van der Waals surface area contributed by atoms with E-state index in [2.05, 4.69) is 24.2 Å². The SMILES string of the molecule is CCc1cc(COc2ccccc2CCN)n(C)n1. The van der Waals surface area contributed by atoms with Crippen molar-refractivity contribution in [2.75, 3.05) is 6.54 Å². The van der Waals surface area contributed by atoms with Gasteiger partial charge in [0, 0.05) is 7.05 Å². The van der Waals surface area contributed by atoms with Gasteiger partial charge >= 0.3 is 0 Å². The molecule has 0 saturated heterocycles. The van der Waals surface area contributed by atoms with Crippen molar-refractivity contribution in [2.45, 2.75) is 26.4 Å². The second kappa shape index (κ2) is 6.38. The molecule has 0 saturated carbocycles. The van der Waals surface area contributed by atoms with Gasteiger partial charge in [0.1, 0.15) is 12.4 Å². The van der Waals surface area contributed by atoms with Gasteiger partial charge < -0.3 is 10.5 Å². The third kappa shape index (κ3) is 3.35. The van der Waals surface area contributed by atoms with Crippen LogP contribution in [-0.2, 0) is 26.5 Å². The molecule has 1 aromatic heterocycles. The Labute approximate surface area is 114 Å². The number of rotatable bonds is 6. The zero-order valence-electron chi connectivity index (χ0n) is 11.6. The molecule has 19 heavy (non-hydrogen) atoms. The molecule has 2 N–H and O–H groups in total. The molecular formula is C15H21N3O. The molecule has 1 heterocycles. The fraction of sp³-hybridized carbons (Fsp3) is 0.400. The van der Waals surface area contributed by atoms with E-state index < -0.39 is 0 Å². The van der Waals surface area contributed by atoms with E-state index in [1.165, 1.54) is 0 Å². The highest BCUT2D eigenvalue weighted by molar-refractivity contribution is 5.33. The van der Waals surface area contributed by atoms with Crippen LogP contribution in [0.1, 0.15) is 23.9 Å². The van der Waals surface area contributed by atoms with E-state index in [0.717, 1.165) is 35.5 Å². The van der Waals surface area contributed by atoms with Gasteiger partial charge in [0.15, 0.2) is 0 Å². The summed E-state index contributed by atoms with van der Waals surface area (Å²) in [5, 5.41) is 4.42. The van der Waals surface area contributed by atoms with Crippen molar-refractivity contribution in [1.29, 1.82) is 0 Å². The van der Waals surface area contributed by atoms with Gasteiger partial charge in [-0.15, -0.1) is 0 Å². The van der Waals surface area contributed by atoms with Gasteiger partial charge in [0.25, 0.3) is 0 Å². The maximum absolute atomic E-state index is 5.90. The van der Waals surface area contributed by atoms with Gasteiger partial charge in [-0.1, -0.05) is 25.1 Å². The number of para-hydroxylation sites is 1. The van der Waals surface area contributed by atoms with Crippen LogP contribution in [0.2, 0.25) is 0 Å². The number of hydrogen-bond donors (Lipinski definition) is 1. The van der Waals surface area contributed by atoms with Crippen molar-refractivity contribution in [2.24, 2.45) is 12.8 Å². The van der Waals surface area contributed by atoms with Crippen LogP contribution in [0, 0.1) is 0 Å². The van der Waals surface area contributed by atoms with E-state index in [-0.39, 0.29) is 0 Å². The fourth-order valence-electron chi connectivity index (χ4n) is 2.04. The third-order valence-corrected chi connectivity index (χ3v) is 3.15. The third-order valence-electron chi connectivity index (χ3n) is 3.15. The first-order valence-electron chi connectivity index (χ1n) is 6.67. The number of nitrogens with two attached hydrogens (primary N) is 1. The molecule has 2 aromatic rings. The van der Waals surface area contributed by atoms with Crippen LogP contribution in [0.5, 0.6) is 5.75 Å².